The molecule has 0 aliphatic carbocycles. The van der Waals surface area contributed by atoms with E-state index >= 15 is 0 Å². The number of nitrogens with one attached hydrogen (secondary N) is 1. The molecule has 0 amide bonds. The largest absolute Gasteiger partial charge is 0.389 e. The highest BCUT2D eigenvalue weighted by atomic mass is 32.1. The molecule has 1 fully saturated rings. The molecule has 0 atom stereocenters. The summed E-state index contributed by atoms with van der Waals surface area (Å²) >= 11 is 1.43. The number of rotatable bonds is 4. The molecule has 0 spiro atoms. The van der Waals surface area contributed by atoms with Gasteiger partial charge in [-0.05, 0) is 49.4 Å². The predicted octanol–water partition coefficient (Wildman–Crippen LogP) is 2.91. The topological polar surface area (TPSA) is 50.4 Å². The third-order valence-electron chi connectivity index (χ3n) is 3.52. The van der Waals surface area contributed by atoms with Crippen molar-refractivity contribution in [3.05, 3.63) is 21.9 Å². The number of hydrazone groups is 1. The molecule has 1 saturated heterocycles. The summed E-state index contributed by atoms with van der Waals surface area (Å²) in [6.07, 6.45) is -3.10. The number of nitrogens with two attached hydrogens (primary N) is 1. The SMILES string of the molecule is N/N=C(\c1sccc1CCC(F)(F)F)C1CCNCC1. The number of piperidine rings is 1. The molecule has 112 valence electrons. The Balaban J connectivity index is 2.12. The van der Waals surface area contributed by atoms with Crippen molar-refractivity contribution >= 4 is 17.0 Å². The first-order valence-corrected chi connectivity index (χ1v) is 7.51. The zero-order chi connectivity index (χ0) is 14.6. The van der Waals surface area contributed by atoms with Crippen molar-refractivity contribution in [2.45, 2.75) is 31.9 Å². The summed E-state index contributed by atoms with van der Waals surface area (Å²) in [4.78, 5) is 0.823. The van der Waals surface area contributed by atoms with Crippen LogP contribution in [0.25, 0.3) is 0 Å². The quantitative estimate of drug-likeness (QED) is 0.510. The van der Waals surface area contributed by atoms with E-state index in [4.69, 9.17) is 5.84 Å². The minimum absolute atomic E-state index is 0.00762. The number of halogens is 3. The van der Waals surface area contributed by atoms with Gasteiger partial charge in [-0.15, -0.1) is 11.3 Å². The van der Waals surface area contributed by atoms with Crippen LogP contribution in [-0.4, -0.2) is 25.0 Å². The van der Waals surface area contributed by atoms with Crippen LogP contribution in [-0.2, 0) is 6.42 Å². The van der Waals surface area contributed by atoms with Gasteiger partial charge in [-0.2, -0.15) is 18.3 Å². The van der Waals surface area contributed by atoms with Gasteiger partial charge in [0.1, 0.15) is 0 Å². The monoisotopic (exact) mass is 305 g/mol. The summed E-state index contributed by atoms with van der Waals surface area (Å²) in [7, 11) is 0. The van der Waals surface area contributed by atoms with E-state index in [9.17, 15) is 13.2 Å². The fourth-order valence-electron chi connectivity index (χ4n) is 2.48. The molecule has 1 aliphatic rings. The number of hydrogen-bond acceptors (Lipinski definition) is 4. The molecule has 0 unspecified atom stereocenters. The van der Waals surface area contributed by atoms with Crippen LogP contribution in [0.1, 0.15) is 29.7 Å². The Morgan fingerprint density at radius 3 is 2.70 bits per heavy atom. The lowest BCUT2D eigenvalue weighted by Crippen LogP contribution is -2.32. The van der Waals surface area contributed by atoms with Crippen molar-refractivity contribution in [2.24, 2.45) is 16.9 Å². The van der Waals surface area contributed by atoms with Gasteiger partial charge < -0.3 is 11.2 Å². The molecular weight excluding hydrogens is 287 g/mol. The summed E-state index contributed by atoms with van der Waals surface area (Å²) in [5, 5.41) is 8.95. The summed E-state index contributed by atoms with van der Waals surface area (Å²) in [5.74, 6) is 5.74. The number of thiophene rings is 1. The van der Waals surface area contributed by atoms with Gasteiger partial charge in [0.2, 0.25) is 0 Å². The Morgan fingerprint density at radius 1 is 1.40 bits per heavy atom. The van der Waals surface area contributed by atoms with Crippen LogP contribution in [0, 0.1) is 5.92 Å². The summed E-state index contributed by atoms with van der Waals surface area (Å²) in [6.45, 7) is 1.79. The van der Waals surface area contributed by atoms with E-state index in [1.54, 1.807) is 6.07 Å². The van der Waals surface area contributed by atoms with Gasteiger partial charge in [0.05, 0.1) is 10.6 Å². The van der Waals surface area contributed by atoms with Crippen LogP contribution in [0.5, 0.6) is 0 Å². The zero-order valence-electron chi connectivity index (χ0n) is 11.0. The van der Waals surface area contributed by atoms with Crippen molar-refractivity contribution in [3.8, 4) is 0 Å². The van der Waals surface area contributed by atoms with Crippen LogP contribution in [0.15, 0.2) is 16.5 Å². The Bertz CT molecular complexity index is 462. The van der Waals surface area contributed by atoms with Crippen LogP contribution in [0.3, 0.4) is 0 Å². The van der Waals surface area contributed by atoms with Crippen LogP contribution < -0.4 is 11.2 Å². The Hall–Kier alpha value is -1.08. The lowest BCUT2D eigenvalue weighted by molar-refractivity contribution is -0.133. The molecule has 0 bridgehead atoms. The van der Waals surface area contributed by atoms with Crippen LogP contribution in [0.2, 0.25) is 0 Å². The number of alkyl halides is 3. The van der Waals surface area contributed by atoms with Crippen LogP contribution in [0.4, 0.5) is 13.2 Å². The van der Waals surface area contributed by atoms with Crippen LogP contribution >= 0.6 is 11.3 Å². The van der Waals surface area contributed by atoms with E-state index in [2.05, 4.69) is 10.4 Å². The molecule has 0 radical (unpaired) electrons. The van der Waals surface area contributed by atoms with E-state index in [-0.39, 0.29) is 12.3 Å². The Morgan fingerprint density at radius 2 is 2.10 bits per heavy atom. The standard InChI is InChI=1S/C13H18F3N3S/c14-13(15,16)5-1-10-4-8-20-12(10)11(19-17)9-2-6-18-7-3-9/h4,8-9,18H,1-3,5-7,17H2/b19-11-. The normalized spacial score (nSPS) is 18.4. The van der Waals surface area contributed by atoms with Crippen molar-refractivity contribution in [1.82, 2.24) is 5.32 Å². The second-order valence-corrected chi connectivity index (χ2v) is 5.84. The molecule has 2 heterocycles. The van der Waals surface area contributed by atoms with E-state index in [1.807, 2.05) is 5.38 Å². The highest BCUT2D eigenvalue weighted by Gasteiger charge is 2.29. The fraction of sp³-hybridized carbons (Fsp3) is 0.615. The molecule has 1 aromatic rings. The molecule has 0 aromatic carbocycles. The lowest BCUT2D eigenvalue weighted by atomic mass is 9.90. The average Bonchev–Trinajstić information content (AvgIpc) is 2.86. The molecular formula is C13H18F3N3S. The summed E-state index contributed by atoms with van der Waals surface area (Å²) in [5.41, 5.74) is 1.47. The lowest BCUT2D eigenvalue weighted by Gasteiger charge is -2.23. The maximum absolute atomic E-state index is 12.4. The minimum Gasteiger partial charge on any atom is -0.323 e. The second kappa shape index (κ2) is 6.58. The second-order valence-electron chi connectivity index (χ2n) is 4.93. The number of aryl methyl sites for hydroxylation is 1. The van der Waals surface area contributed by atoms with E-state index in [0.717, 1.165) is 36.5 Å². The molecule has 1 aromatic heterocycles. The molecule has 3 nitrogen and oxygen atoms in total. The minimum atomic E-state index is -4.13. The third-order valence-corrected chi connectivity index (χ3v) is 4.50. The van der Waals surface area contributed by atoms with Gasteiger partial charge >= 0.3 is 6.18 Å². The van der Waals surface area contributed by atoms with Gasteiger partial charge in [-0.3, -0.25) is 0 Å². The molecule has 20 heavy (non-hydrogen) atoms. The highest BCUT2D eigenvalue weighted by molar-refractivity contribution is 7.12. The first kappa shape index (κ1) is 15.3. The maximum Gasteiger partial charge on any atom is 0.389 e. The zero-order valence-corrected chi connectivity index (χ0v) is 11.9. The van der Waals surface area contributed by atoms with E-state index in [1.165, 1.54) is 11.3 Å². The maximum atomic E-state index is 12.4. The van der Waals surface area contributed by atoms with E-state index in [0.29, 0.717) is 5.56 Å². The van der Waals surface area contributed by atoms with Gasteiger partial charge in [-0.1, -0.05) is 0 Å². The highest BCUT2D eigenvalue weighted by Crippen LogP contribution is 2.29. The fourth-order valence-corrected chi connectivity index (χ4v) is 3.51. The molecule has 0 saturated carbocycles. The molecule has 7 heteroatoms. The first-order valence-electron chi connectivity index (χ1n) is 6.63. The smallest absolute Gasteiger partial charge is 0.323 e. The first-order chi connectivity index (χ1) is 9.51. The summed E-state index contributed by atoms with van der Waals surface area (Å²) in [6, 6.07) is 1.75. The third kappa shape index (κ3) is 3.96. The van der Waals surface area contributed by atoms with Crippen molar-refractivity contribution in [3.63, 3.8) is 0 Å². The van der Waals surface area contributed by atoms with Gasteiger partial charge in [0.15, 0.2) is 0 Å². The summed E-state index contributed by atoms with van der Waals surface area (Å²) < 4.78 is 37.1. The van der Waals surface area contributed by atoms with Crippen molar-refractivity contribution in [2.75, 3.05) is 13.1 Å². The average molecular weight is 305 g/mol. The predicted molar refractivity (Wildman–Crippen MR) is 75.0 cm³/mol. The van der Waals surface area contributed by atoms with Gasteiger partial charge in [-0.25, -0.2) is 0 Å². The van der Waals surface area contributed by atoms with Crippen molar-refractivity contribution < 1.29 is 13.2 Å². The van der Waals surface area contributed by atoms with Crippen molar-refractivity contribution in [1.29, 1.82) is 0 Å². The van der Waals surface area contributed by atoms with Gasteiger partial charge in [0, 0.05) is 12.3 Å². The molecule has 2 rings (SSSR count). The Labute approximate surface area is 120 Å². The molecule has 1 aliphatic heterocycles. The molecule has 3 N–H and O–H groups in total. The number of hydrogen-bond donors (Lipinski definition) is 2. The van der Waals surface area contributed by atoms with Gasteiger partial charge in [0.25, 0.3) is 0 Å². The van der Waals surface area contributed by atoms with E-state index < -0.39 is 12.6 Å². The Kier molecular flexibility index (Phi) is 5.04. The number of nitrogens with zero attached hydrogens (tertiary/aromatic N) is 1.